The van der Waals surface area contributed by atoms with Crippen LogP contribution in [0.5, 0.6) is 0 Å². The number of methoxy groups -OCH3 is 1. The Morgan fingerprint density at radius 2 is 1.76 bits per heavy atom. The lowest BCUT2D eigenvalue weighted by Crippen LogP contribution is -2.31. The number of amides is 1. The number of rotatable bonds is 6. The van der Waals surface area contributed by atoms with E-state index in [1.54, 1.807) is 49.6 Å². The molecule has 0 saturated carbocycles. The van der Waals surface area contributed by atoms with Gasteiger partial charge >= 0.3 is 0 Å². The van der Waals surface area contributed by atoms with E-state index in [2.05, 4.69) is 0 Å². The molecule has 8 heteroatoms. The maximum absolute atomic E-state index is 12.8. The van der Waals surface area contributed by atoms with E-state index in [0.29, 0.717) is 34.2 Å². The maximum Gasteiger partial charge on any atom is 0.295 e. The van der Waals surface area contributed by atoms with Gasteiger partial charge in [0, 0.05) is 30.8 Å². The summed E-state index contributed by atoms with van der Waals surface area (Å²) in [6.45, 7) is 0.703. The Morgan fingerprint density at radius 1 is 1.07 bits per heavy atom. The molecule has 1 amide bonds. The van der Waals surface area contributed by atoms with E-state index in [1.807, 2.05) is 0 Å². The fourth-order valence-corrected chi connectivity index (χ4v) is 3.71. The van der Waals surface area contributed by atoms with E-state index >= 15 is 0 Å². The molecule has 1 aliphatic heterocycles. The van der Waals surface area contributed by atoms with Crippen LogP contribution in [-0.4, -0.2) is 42.0 Å². The Kier molecular flexibility index (Phi) is 6.85. The predicted octanol–water partition coefficient (Wildman–Crippen LogP) is 5.11. The molecule has 0 bridgehead atoms. The third kappa shape index (κ3) is 4.43. The van der Waals surface area contributed by atoms with Gasteiger partial charge in [0.1, 0.15) is 5.76 Å². The van der Waals surface area contributed by atoms with Crippen LogP contribution in [0.2, 0.25) is 15.1 Å². The summed E-state index contributed by atoms with van der Waals surface area (Å²) >= 11 is 18.1. The summed E-state index contributed by atoms with van der Waals surface area (Å²) in [4.78, 5) is 27.0. The standard InChI is InChI=1S/C21H18Cl3NO4/c1-29-10-2-9-25-18(13-5-8-15(23)16(24)11-13)17(20(27)21(25)28)19(26)12-3-6-14(22)7-4-12/h3-8,11,18,26H,2,9-10H2,1H3/t18-/m1/s1. The van der Waals surface area contributed by atoms with Gasteiger partial charge in [-0.05, 0) is 48.4 Å². The average Bonchev–Trinajstić information content (AvgIpc) is 2.95. The molecule has 29 heavy (non-hydrogen) atoms. The molecule has 0 unspecified atom stereocenters. The Morgan fingerprint density at radius 3 is 2.38 bits per heavy atom. The summed E-state index contributed by atoms with van der Waals surface area (Å²) in [5.74, 6) is -1.72. The number of hydrogen-bond donors (Lipinski definition) is 1. The third-order valence-electron chi connectivity index (χ3n) is 4.66. The number of nitrogens with zero attached hydrogens (tertiary/aromatic N) is 1. The molecule has 0 aliphatic carbocycles. The fourth-order valence-electron chi connectivity index (χ4n) is 3.28. The molecule has 0 spiro atoms. The first-order chi connectivity index (χ1) is 13.8. The molecule has 1 N–H and O–H groups in total. The molecule has 3 rings (SSSR count). The zero-order valence-corrected chi connectivity index (χ0v) is 17.8. The highest BCUT2D eigenvalue weighted by Crippen LogP contribution is 2.41. The van der Waals surface area contributed by atoms with Gasteiger partial charge in [-0.3, -0.25) is 9.59 Å². The van der Waals surface area contributed by atoms with Gasteiger partial charge in [0.15, 0.2) is 0 Å². The van der Waals surface area contributed by atoms with E-state index in [9.17, 15) is 14.7 Å². The highest BCUT2D eigenvalue weighted by atomic mass is 35.5. The predicted molar refractivity (Wildman–Crippen MR) is 113 cm³/mol. The van der Waals surface area contributed by atoms with E-state index < -0.39 is 17.7 Å². The molecule has 0 aromatic heterocycles. The second kappa shape index (κ2) is 9.18. The average molecular weight is 455 g/mol. The number of hydrogen-bond acceptors (Lipinski definition) is 4. The van der Waals surface area contributed by atoms with Crippen molar-refractivity contribution < 1.29 is 19.4 Å². The van der Waals surface area contributed by atoms with Crippen LogP contribution in [0, 0.1) is 0 Å². The topological polar surface area (TPSA) is 66.8 Å². The third-order valence-corrected chi connectivity index (χ3v) is 5.66. The molecule has 0 radical (unpaired) electrons. The normalized spacial score (nSPS) is 18.5. The Balaban J connectivity index is 2.14. The van der Waals surface area contributed by atoms with Crippen molar-refractivity contribution in [1.82, 2.24) is 4.90 Å². The van der Waals surface area contributed by atoms with Gasteiger partial charge in [0.25, 0.3) is 11.7 Å². The Labute approximate surface area is 183 Å². The lowest BCUT2D eigenvalue weighted by Gasteiger charge is -2.25. The van der Waals surface area contributed by atoms with Crippen LogP contribution in [0.3, 0.4) is 0 Å². The Bertz CT molecular complexity index is 972. The van der Waals surface area contributed by atoms with Gasteiger partial charge in [0.2, 0.25) is 0 Å². The maximum atomic E-state index is 12.8. The van der Waals surface area contributed by atoms with E-state index in [4.69, 9.17) is 39.5 Å². The summed E-state index contributed by atoms with van der Waals surface area (Å²) in [7, 11) is 1.56. The summed E-state index contributed by atoms with van der Waals surface area (Å²) in [5, 5.41) is 12.0. The van der Waals surface area contributed by atoms with Crippen molar-refractivity contribution in [2.75, 3.05) is 20.3 Å². The van der Waals surface area contributed by atoms with Crippen LogP contribution < -0.4 is 0 Å². The van der Waals surface area contributed by atoms with E-state index in [1.165, 1.54) is 4.90 Å². The second-order valence-electron chi connectivity index (χ2n) is 6.52. The minimum atomic E-state index is -0.794. The lowest BCUT2D eigenvalue weighted by molar-refractivity contribution is -0.140. The van der Waals surface area contributed by atoms with Crippen molar-refractivity contribution >= 4 is 52.3 Å². The number of halogens is 3. The number of carbonyl (C=O) groups is 2. The van der Waals surface area contributed by atoms with Gasteiger partial charge in [-0.2, -0.15) is 0 Å². The number of benzene rings is 2. The summed E-state index contributed by atoms with van der Waals surface area (Å²) < 4.78 is 5.06. The quantitative estimate of drug-likeness (QED) is 0.285. The lowest BCUT2D eigenvalue weighted by atomic mass is 9.95. The van der Waals surface area contributed by atoms with Crippen molar-refractivity contribution in [3.8, 4) is 0 Å². The number of carbonyl (C=O) groups excluding carboxylic acids is 2. The molecule has 1 heterocycles. The van der Waals surface area contributed by atoms with Crippen molar-refractivity contribution in [1.29, 1.82) is 0 Å². The number of ether oxygens (including phenoxy) is 1. The van der Waals surface area contributed by atoms with E-state index in [0.717, 1.165) is 0 Å². The molecule has 1 aliphatic rings. The van der Waals surface area contributed by atoms with Gasteiger partial charge in [-0.25, -0.2) is 0 Å². The van der Waals surface area contributed by atoms with Crippen LogP contribution in [0.25, 0.3) is 5.76 Å². The number of likely N-dealkylation sites (tertiary alicyclic amines) is 1. The first-order valence-electron chi connectivity index (χ1n) is 8.83. The summed E-state index contributed by atoms with van der Waals surface area (Å²) in [6, 6.07) is 10.4. The Hall–Kier alpha value is -2.05. The van der Waals surface area contributed by atoms with Crippen LogP contribution in [0.1, 0.15) is 23.6 Å². The molecular formula is C21H18Cl3NO4. The molecule has 2 aromatic rings. The number of ketones is 1. The van der Waals surface area contributed by atoms with Crippen LogP contribution in [0.4, 0.5) is 0 Å². The molecule has 1 atom stereocenters. The monoisotopic (exact) mass is 453 g/mol. The summed E-state index contributed by atoms with van der Waals surface area (Å²) in [5.41, 5.74) is 0.953. The summed E-state index contributed by atoms with van der Waals surface area (Å²) in [6.07, 6.45) is 0.530. The van der Waals surface area contributed by atoms with Gasteiger partial charge < -0.3 is 14.7 Å². The minimum Gasteiger partial charge on any atom is -0.507 e. The largest absolute Gasteiger partial charge is 0.507 e. The molecule has 1 saturated heterocycles. The molecule has 1 fully saturated rings. The number of aliphatic hydroxyl groups is 1. The number of Topliss-reactive ketones (excluding diaryl/α,β-unsaturated/α-hetero) is 1. The highest BCUT2D eigenvalue weighted by Gasteiger charge is 2.45. The smallest absolute Gasteiger partial charge is 0.295 e. The van der Waals surface area contributed by atoms with Crippen molar-refractivity contribution in [2.24, 2.45) is 0 Å². The van der Waals surface area contributed by atoms with Crippen molar-refractivity contribution in [3.63, 3.8) is 0 Å². The zero-order chi connectivity index (χ0) is 21.1. The zero-order valence-electron chi connectivity index (χ0n) is 15.5. The van der Waals surface area contributed by atoms with Crippen LogP contribution in [0.15, 0.2) is 48.0 Å². The van der Waals surface area contributed by atoms with Crippen molar-refractivity contribution in [2.45, 2.75) is 12.5 Å². The number of aliphatic hydroxyl groups excluding tert-OH is 1. The molecule has 5 nitrogen and oxygen atoms in total. The van der Waals surface area contributed by atoms with Gasteiger partial charge in [-0.1, -0.05) is 40.9 Å². The van der Waals surface area contributed by atoms with Crippen LogP contribution >= 0.6 is 34.8 Å². The van der Waals surface area contributed by atoms with Crippen LogP contribution in [-0.2, 0) is 14.3 Å². The second-order valence-corrected chi connectivity index (χ2v) is 7.77. The minimum absolute atomic E-state index is 0.00636. The molecule has 152 valence electrons. The van der Waals surface area contributed by atoms with Gasteiger partial charge in [0.05, 0.1) is 21.7 Å². The molecular weight excluding hydrogens is 437 g/mol. The van der Waals surface area contributed by atoms with Crippen molar-refractivity contribution in [3.05, 3.63) is 74.2 Å². The first-order valence-corrected chi connectivity index (χ1v) is 9.96. The fraction of sp³-hybridized carbons (Fsp3) is 0.238. The SMILES string of the molecule is COCCCN1C(=O)C(=O)C(=C(O)c2ccc(Cl)cc2)[C@H]1c1ccc(Cl)c(Cl)c1. The first kappa shape index (κ1) is 21.7. The van der Waals surface area contributed by atoms with Gasteiger partial charge in [-0.15, -0.1) is 0 Å². The highest BCUT2D eigenvalue weighted by molar-refractivity contribution is 6.47. The van der Waals surface area contributed by atoms with E-state index in [-0.39, 0.29) is 22.9 Å². The molecule has 2 aromatic carbocycles.